The third-order valence-corrected chi connectivity index (χ3v) is 3.23. The summed E-state index contributed by atoms with van der Waals surface area (Å²) in [7, 11) is 5.29. The maximum atomic E-state index is 11.3. The molecule has 0 radical (unpaired) electrons. The number of carbonyl (C=O) groups is 1. The third kappa shape index (κ3) is 6.10. The van der Waals surface area contributed by atoms with Crippen LogP contribution >= 0.6 is 0 Å². The van der Waals surface area contributed by atoms with Crippen LogP contribution in [0.2, 0.25) is 0 Å². The maximum Gasteiger partial charge on any atom is 0.221 e. The second-order valence-corrected chi connectivity index (χ2v) is 5.00. The predicted octanol–water partition coefficient (Wildman–Crippen LogP) is 0.698. The Bertz CT molecular complexity index is 451. The monoisotopic (exact) mass is 294 g/mol. The van der Waals surface area contributed by atoms with E-state index in [2.05, 4.69) is 21.7 Å². The summed E-state index contributed by atoms with van der Waals surface area (Å²) >= 11 is 0. The maximum absolute atomic E-state index is 11.3. The van der Waals surface area contributed by atoms with Gasteiger partial charge in [-0.25, -0.2) is 4.98 Å². The van der Waals surface area contributed by atoms with Crippen LogP contribution in [0, 0.1) is 6.92 Å². The molecule has 6 heteroatoms. The topological polar surface area (TPSA) is 66.5 Å². The van der Waals surface area contributed by atoms with Gasteiger partial charge in [0.05, 0.1) is 6.61 Å². The fourth-order valence-corrected chi connectivity index (χ4v) is 2.03. The average Bonchev–Trinajstić information content (AvgIpc) is 2.49. The van der Waals surface area contributed by atoms with Crippen molar-refractivity contribution in [2.75, 3.05) is 45.8 Å². The lowest BCUT2D eigenvalue weighted by molar-refractivity contribution is -0.120. The molecule has 6 nitrogen and oxygen atoms in total. The van der Waals surface area contributed by atoms with E-state index in [0.717, 1.165) is 30.0 Å². The van der Waals surface area contributed by atoms with Crippen LogP contribution in [-0.2, 0) is 16.1 Å². The van der Waals surface area contributed by atoms with E-state index in [1.807, 2.05) is 25.1 Å². The SMILES string of the molecule is CNC(=O)CCN(C)c1ncc(CNCCOC)cc1C. The van der Waals surface area contributed by atoms with Gasteiger partial charge in [0.1, 0.15) is 5.82 Å². The van der Waals surface area contributed by atoms with Crippen LogP contribution < -0.4 is 15.5 Å². The summed E-state index contributed by atoms with van der Waals surface area (Å²) < 4.78 is 4.99. The van der Waals surface area contributed by atoms with E-state index in [4.69, 9.17) is 4.74 Å². The van der Waals surface area contributed by atoms with Crippen molar-refractivity contribution in [2.24, 2.45) is 0 Å². The molecule has 0 aromatic carbocycles. The first-order valence-electron chi connectivity index (χ1n) is 7.15. The van der Waals surface area contributed by atoms with Crippen molar-refractivity contribution in [3.63, 3.8) is 0 Å². The Hall–Kier alpha value is -1.66. The molecule has 0 fully saturated rings. The second-order valence-electron chi connectivity index (χ2n) is 5.00. The van der Waals surface area contributed by atoms with Gasteiger partial charge in [0.25, 0.3) is 0 Å². The van der Waals surface area contributed by atoms with Gasteiger partial charge in [-0.1, -0.05) is 0 Å². The van der Waals surface area contributed by atoms with Gasteiger partial charge in [-0.05, 0) is 24.1 Å². The van der Waals surface area contributed by atoms with Crippen molar-refractivity contribution >= 4 is 11.7 Å². The summed E-state index contributed by atoms with van der Waals surface area (Å²) in [5, 5.41) is 5.92. The summed E-state index contributed by atoms with van der Waals surface area (Å²) in [6.07, 6.45) is 2.34. The molecule has 0 aliphatic carbocycles. The Balaban J connectivity index is 2.54. The Kier molecular flexibility index (Phi) is 7.71. The zero-order valence-electron chi connectivity index (χ0n) is 13.4. The Morgan fingerprint density at radius 2 is 2.24 bits per heavy atom. The van der Waals surface area contributed by atoms with Crippen LogP contribution in [-0.4, -0.2) is 51.8 Å². The summed E-state index contributed by atoms with van der Waals surface area (Å²) in [6, 6.07) is 2.12. The quantitative estimate of drug-likeness (QED) is 0.656. The second kappa shape index (κ2) is 9.31. The van der Waals surface area contributed by atoms with Crippen LogP contribution in [0.3, 0.4) is 0 Å². The molecule has 1 heterocycles. The normalized spacial score (nSPS) is 10.5. The van der Waals surface area contributed by atoms with E-state index in [1.54, 1.807) is 14.2 Å². The number of pyridine rings is 1. The van der Waals surface area contributed by atoms with Crippen molar-refractivity contribution < 1.29 is 9.53 Å². The first-order valence-corrected chi connectivity index (χ1v) is 7.15. The number of nitrogens with zero attached hydrogens (tertiary/aromatic N) is 2. The summed E-state index contributed by atoms with van der Waals surface area (Å²) in [5.41, 5.74) is 2.26. The molecule has 0 saturated heterocycles. The van der Waals surface area contributed by atoms with Crippen molar-refractivity contribution in [3.8, 4) is 0 Å². The highest BCUT2D eigenvalue weighted by Gasteiger charge is 2.09. The van der Waals surface area contributed by atoms with Gasteiger partial charge in [-0.15, -0.1) is 0 Å². The summed E-state index contributed by atoms with van der Waals surface area (Å²) in [6.45, 7) is 4.99. The van der Waals surface area contributed by atoms with E-state index < -0.39 is 0 Å². The molecule has 2 N–H and O–H groups in total. The molecule has 0 spiro atoms. The fourth-order valence-electron chi connectivity index (χ4n) is 2.03. The largest absolute Gasteiger partial charge is 0.383 e. The van der Waals surface area contributed by atoms with Crippen molar-refractivity contribution in [1.29, 1.82) is 0 Å². The molecule has 1 aromatic rings. The number of anilines is 1. The minimum absolute atomic E-state index is 0.0402. The molecule has 118 valence electrons. The Morgan fingerprint density at radius 1 is 1.48 bits per heavy atom. The van der Waals surface area contributed by atoms with Gasteiger partial charge in [0.15, 0.2) is 0 Å². The van der Waals surface area contributed by atoms with Gasteiger partial charge in [-0.3, -0.25) is 4.79 Å². The van der Waals surface area contributed by atoms with Crippen molar-refractivity contribution in [1.82, 2.24) is 15.6 Å². The standard InChI is InChI=1S/C15H26N4O2/c1-12-9-13(10-17-6-8-21-4)11-18-15(12)19(3)7-5-14(20)16-2/h9,11,17H,5-8,10H2,1-4H3,(H,16,20). The number of rotatable bonds is 9. The van der Waals surface area contributed by atoms with Gasteiger partial charge in [0.2, 0.25) is 5.91 Å². The first kappa shape index (κ1) is 17.4. The molecule has 0 bridgehead atoms. The van der Waals surface area contributed by atoms with E-state index in [1.165, 1.54) is 0 Å². The molecule has 0 unspecified atom stereocenters. The van der Waals surface area contributed by atoms with Gasteiger partial charge >= 0.3 is 0 Å². The Morgan fingerprint density at radius 3 is 2.86 bits per heavy atom. The number of aromatic nitrogens is 1. The number of nitrogens with one attached hydrogen (secondary N) is 2. The smallest absolute Gasteiger partial charge is 0.221 e. The zero-order chi connectivity index (χ0) is 15.7. The van der Waals surface area contributed by atoms with Crippen LogP contribution in [0.1, 0.15) is 17.5 Å². The molecular formula is C15H26N4O2. The molecule has 1 rings (SSSR count). The number of methoxy groups -OCH3 is 1. The zero-order valence-corrected chi connectivity index (χ0v) is 13.4. The molecule has 0 atom stereocenters. The highest BCUT2D eigenvalue weighted by Crippen LogP contribution is 2.16. The lowest BCUT2D eigenvalue weighted by Gasteiger charge is -2.20. The highest BCUT2D eigenvalue weighted by molar-refractivity contribution is 5.76. The number of hydrogen-bond donors (Lipinski definition) is 2. The van der Waals surface area contributed by atoms with Crippen LogP contribution in [0.5, 0.6) is 0 Å². The molecule has 0 aliphatic heterocycles. The lowest BCUT2D eigenvalue weighted by atomic mass is 10.2. The van der Waals surface area contributed by atoms with E-state index in [-0.39, 0.29) is 5.91 Å². The van der Waals surface area contributed by atoms with Crippen LogP contribution in [0.4, 0.5) is 5.82 Å². The van der Waals surface area contributed by atoms with Gasteiger partial charge < -0.3 is 20.3 Å². The van der Waals surface area contributed by atoms with Gasteiger partial charge in [0, 0.05) is 53.5 Å². The first-order chi connectivity index (χ1) is 10.1. The minimum Gasteiger partial charge on any atom is -0.383 e. The Labute approximate surface area is 126 Å². The molecular weight excluding hydrogens is 268 g/mol. The number of hydrogen-bond acceptors (Lipinski definition) is 5. The molecule has 0 aliphatic rings. The van der Waals surface area contributed by atoms with Crippen LogP contribution in [0.15, 0.2) is 12.3 Å². The third-order valence-electron chi connectivity index (χ3n) is 3.23. The van der Waals surface area contributed by atoms with Gasteiger partial charge in [-0.2, -0.15) is 0 Å². The fraction of sp³-hybridized carbons (Fsp3) is 0.600. The number of ether oxygens (including phenoxy) is 1. The number of aryl methyl sites for hydroxylation is 1. The molecule has 0 saturated carbocycles. The average molecular weight is 294 g/mol. The molecule has 21 heavy (non-hydrogen) atoms. The number of amides is 1. The number of carbonyl (C=O) groups excluding carboxylic acids is 1. The highest BCUT2D eigenvalue weighted by atomic mass is 16.5. The molecule has 1 aromatic heterocycles. The predicted molar refractivity (Wildman–Crippen MR) is 84.5 cm³/mol. The summed E-state index contributed by atoms with van der Waals surface area (Å²) in [4.78, 5) is 17.8. The van der Waals surface area contributed by atoms with E-state index in [9.17, 15) is 4.79 Å². The summed E-state index contributed by atoms with van der Waals surface area (Å²) in [5.74, 6) is 0.956. The van der Waals surface area contributed by atoms with Crippen LogP contribution in [0.25, 0.3) is 0 Å². The van der Waals surface area contributed by atoms with E-state index in [0.29, 0.717) is 19.6 Å². The lowest BCUT2D eigenvalue weighted by Crippen LogP contribution is -2.27. The molecule has 1 amide bonds. The van der Waals surface area contributed by atoms with Crippen molar-refractivity contribution in [2.45, 2.75) is 19.9 Å². The minimum atomic E-state index is 0.0402. The van der Waals surface area contributed by atoms with E-state index >= 15 is 0 Å². The van der Waals surface area contributed by atoms with Crippen molar-refractivity contribution in [3.05, 3.63) is 23.4 Å².